The molecule has 0 unspecified atom stereocenters. The average Bonchev–Trinajstić information content (AvgIpc) is 3.36. The number of halogens is 3. The van der Waals surface area contributed by atoms with Gasteiger partial charge in [-0.25, -0.2) is 14.8 Å². The van der Waals surface area contributed by atoms with Crippen LogP contribution in [0, 0.1) is 0 Å². The van der Waals surface area contributed by atoms with Crippen molar-refractivity contribution in [2.75, 3.05) is 14.2 Å². The van der Waals surface area contributed by atoms with Gasteiger partial charge in [0.2, 0.25) is 5.89 Å². The minimum absolute atomic E-state index is 0.0147. The summed E-state index contributed by atoms with van der Waals surface area (Å²) in [4.78, 5) is 32.7. The molecule has 0 saturated heterocycles. The molecule has 0 fully saturated rings. The second kappa shape index (κ2) is 10.5. The fourth-order valence-electron chi connectivity index (χ4n) is 3.76. The smallest absolute Gasteiger partial charge is 0.433 e. The maximum atomic E-state index is 13.3. The summed E-state index contributed by atoms with van der Waals surface area (Å²) in [5.41, 5.74) is 6.22. The maximum Gasteiger partial charge on any atom is 0.433 e. The summed E-state index contributed by atoms with van der Waals surface area (Å²) in [5.74, 6) is -0.834. The number of carbonyl (C=O) groups excluding carboxylic acids is 2. The van der Waals surface area contributed by atoms with E-state index in [0.29, 0.717) is 16.7 Å². The Bertz CT molecular complexity index is 1500. The average molecular weight is 528 g/mol. The molecule has 4 aromatic rings. The van der Waals surface area contributed by atoms with Crippen LogP contribution < -0.4 is 15.8 Å². The van der Waals surface area contributed by atoms with E-state index in [-0.39, 0.29) is 40.5 Å². The predicted molar refractivity (Wildman–Crippen MR) is 130 cm³/mol. The SMILES string of the molecule is COC(=O)c1ccc(CNC(=O)c2nc(-c3ccc(OC)c4nc(C(F)(F)F)ccc34)oc2[C@H](C)N)cc1. The zero-order valence-electron chi connectivity index (χ0n) is 20.6. The van der Waals surface area contributed by atoms with Gasteiger partial charge in [0.25, 0.3) is 5.91 Å². The number of oxazole rings is 1. The summed E-state index contributed by atoms with van der Waals surface area (Å²) in [7, 11) is 2.60. The van der Waals surface area contributed by atoms with E-state index in [9.17, 15) is 22.8 Å². The molecule has 2 heterocycles. The first kappa shape index (κ1) is 26.6. The highest BCUT2D eigenvalue weighted by molar-refractivity contribution is 5.98. The molecule has 0 bridgehead atoms. The zero-order valence-corrected chi connectivity index (χ0v) is 20.6. The van der Waals surface area contributed by atoms with Crippen LogP contribution in [0.1, 0.15) is 50.8 Å². The molecule has 0 radical (unpaired) electrons. The van der Waals surface area contributed by atoms with E-state index >= 15 is 0 Å². The van der Waals surface area contributed by atoms with Crippen LogP contribution in [0.15, 0.2) is 52.9 Å². The molecule has 0 saturated carbocycles. The zero-order chi connectivity index (χ0) is 27.6. The number of fused-ring (bicyclic) bond motifs is 1. The topological polar surface area (TPSA) is 130 Å². The van der Waals surface area contributed by atoms with Gasteiger partial charge in [-0.2, -0.15) is 13.2 Å². The molecule has 2 aromatic heterocycles. The third-order valence-corrected chi connectivity index (χ3v) is 5.67. The van der Waals surface area contributed by atoms with Crippen LogP contribution in [0.3, 0.4) is 0 Å². The largest absolute Gasteiger partial charge is 0.494 e. The summed E-state index contributed by atoms with van der Waals surface area (Å²) in [6, 6.07) is 10.9. The molecule has 4 rings (SSSR count). The monoisotopic (exact) mass is 528 g/mol. The molecule has 12 heteroatoms. The highest BCUT2D eigenvalue weighted by Gasteiger charge is 2.33. The summed E-state index contributed by atoms with van der Waals surface area (Å²) >= 11 is 0. The van der Waals surface area contributed by atoms with Gasteiger partial charge in [0.05, 0.1) is 25.8 Å². The van der Waals surface area contributed by atoms with E-state index < -0.39 is 29.8 Å². The number of methoxy groups -OCH3 is 2. The van der Waals surface area contributed by atoms with Crippen molar-refractivity contribution in [2.24, 2.45) is 5.73 Å². The molecule has 1 atom stereocenters. The second-order valence-electron chi connectivity index (χ2n) is 8.30. The molecular weight excluding hydrogens is 505 g/mol. The molecule has 0 aliphatic carbocycles. The Morgan fingerprint density at radius 2 is 1.76 bits per heavy atom. The number of nitrogens with one attached hydrogen (secondary N) is 1. The van der Waals surface area contributed by atoms with Crippen molar-refractivity contribution < 1.29 is 36.7 Å². The number of rotatable bonds is 7. The number of hydrogen-bond acceptors (Lipinski definition) is 8. The van der Waals surface area contributed by atoms with Gasteiger partial charge in [0.1, 0.15) is 17.0 Å². The Morgan fingerprint density at radius 1 is 1.05 bits per heavy atom. The van der Waals surface area contributed by atoms with Crippen molar-refractivity contribution in [1.82, 2.24) is 15.3 Å². The van der Waals surface area contributed by atoms with Crippen LogP contribution in [-0.4, -0.2) is 36.1 Å². The Labute approximate surface area is 214 Å². The van der Waals surface area contributed by atoms with E-state index in [4.69, 9.17) is 14.9 Å². The molecule has 2 aromatic carbocycles. The Morgan fingerprint density at radius 3 is 2.37 bits per heavy atom. The lowest BCUT2D eigenvalue weighted by molar-refractivity contribution is -0.140. The van der Waals surface area contributed by atoms with Gasteiger partial charge < -0.3 is 24.9 Å². The lowest BCUT2D eigenvalue weighted by Crippen LogP contribution is -2.25. The Kier molecular flexibility index (Phi) is 7.35. The lowest BCUT2D eigenvalue weighted by atomic mass is 10.1. The van der Waals surface area contributed by atoms with Crippen LogP contribution in [0.2, 0.25) is 0 Å². The van der Waals surface area contributed by atoms with Crippen LogP contribution >= 0.6 is 0 Å². The normalized spacial score (nSPS) is 12.3. The van der Waals surface area contributed by atoms with Gasteiger partial charge in [-0.1, -0.05) is 12.1 Å². The van der Waals surface area contributed by atoms with Gasteiger partial charge in [-0.3, -0.25) is 4.79 Å². The summed E-state index contributed by atoms with van der Waals surface area (Å²) in [6.07, 6.45) is -4.65. The number of aromatic nitrogens is 2. The fraction of sp³-hybridized carbons (Fsp3) is 0.231. The summed E-state index contributed by atoms with van der Waals surface area (Å²) < 4.78 is 55.5. The lowest BCUT2D eigenvalue weighted by Gasteiger charge is -2.11. The number of amides is 1. The van der Waals surface area contributed by atoms with Gasteiger partial charge >= 0.3 is 12.1 Å². The molecule has 198 valence electrons. The van der Waals surface area contributed by atoms with Crippen molar-refractivity contribution in [3.63, 3.8) is 0 Å². The first-order valence-electron chi connectivity index (χ1n) is 11.3. The van der Waals surface area contributed by atoms with Crippen molar-refractivity contribution in [3.05, 3.63) is 76.8 Å². The van der Waals surface area contributed by atoms with E-state index in [1.165, 1.54) is 26.4 Å². The Hall–Kier alpha value is -4.45. The van der Waals surface area contributed by atoms with E-state index in [0.717, 1.165) is 6.07 Å². The maximum absolute atomic E-state index is 13.3. The van der Waals surface area contributed by atoms with E-state index in [1.807, 2.05) is 0 Å². The quantitative estimate of drug-likeness (QED) is 0.332. The number of nitrogens with two attached hydrogens (primary N) is 1. The van der Waals surface area contributed by atoms with Crippen LogP contribution in [-0.2, 0) is 17.5 Å². The van der Waals surface area contributed by atoms with Gasteiger partial charge in [0.15, 0.2) is 11.5 Å². The highest BCUT2D eigenvalue weighted by Crippen LogP contribution is 2.37. The molecule has 0 aliphatic rings. The third-order valence-electron chi connectivity index (χ3n) is 5.67. The van der Waals surface area contributed by atoms with Crippen molar-refractivity contribution in [3.8, 4) is 17.2 Å². The van der Waals surface area contributed by atoms with Gasteiger partial charge in [-0.05, 0) is 48.9 Å². The Balaban J connectivity index is 1.67. The second-order valence-corrected chi connectivity index (χ2v) is 8.30. The number of alkyl halides is 3. The summed E-state index contributed by atoms with van der Waals surface area (Å²) in [5, 5.41) is 3.01. The number of benzene rings is 2. The first-order valence-corrected chi connectivity index (χ1v) is 11.3. The summed E-state index contributed by atoms with van der Waals surface area (Å²) in [6.45, 7) is 1.73. The van der Waals surface area contributed by atoms with Crippen LogP contribution in [0.5, 0.6) is 5.75 Å². The number of pyridine rings is 1. The molecule has 3 N–H and O–H groups in total. The van der Waals surface area contributed by atoms with Crippen molar-refractivity contribution in [1.29, 1.82) is 0 Å². The predicted octanol–water partition coefficient (Wildman–Crippen LogP) is 4.65. The first-order chi connectivity index (χ1) is 18.0. The molecule has 9 nitrogen and oxygen atoms in total. The van der Waals surface area contributed by atoms with Crippen molar-refractivity contribution >= 4 is 22.8 Å². The van der Waals surface area contributed by atoms with E-state index in [2.05, 4.69) is 20.0 Å². The van der Waals surface area contributed by atoms with Gasteiger partial charge in [0, 0.05) is 17.5 Å². The number of nitrogens with zero attached hydrogens (tertiary/aromatic N) is 2. The fourth-order valence-corrected chi connectivity index (χ4v) is 3.76. The standard InChI is InChI=1S/C26H23F3N4O5/c1-13(30)22-21(23(34)31-12-14-4-6-15(7-5-14)25(35)37-3)33-24(38-22)17-8-10-18(36-2)20-16(17)9-11-19(32-20)26(27,28)29/h4-11,13H,12,30H2,1-3H3,(H,31,34)/t13-/m0/s1. The van der Waals surface area contributed by atoms with Crippen LogP contribution in [0.4, 0.5) is 13.2 Å². The minimum Gasteiger partial charge on any atom is -0.494 e. The van der Waals surface area contributed by atoms with Crippen molar-refractivity contribution in [2.45, 2.75) is 25.7 Å². The number of esters is 1. The molecule has 38 heavy (non-hydrogen) atoms. The molecule has 1 amide bonds. The minimum atomic E-state index is -4.65. The van der Waals surface area contributed by atoms with Gasteiger partial charge in [-0.15, -0.1) is 0 Å². The highest BCUT2D eigenvalue weighted by atomic mass is 19.4. The molecular formula is C26H23F3N4O5. The molecule has 0 spiro atoms. The third kappa shape index (κ3) is 5.30. The van der Waals surface area contributed by atoms with Crippen LogP contribution in [0.25, 0.3) is 22.4 Å². The number of ether oxygens (including phenoxy) is 2. The van der Waals surface area contributed by atoms with E-state index in [1.54, 1.807) is 37.3 Å². The number of hydrogen-bond donors (Lipinski definition) is 2. The molecule has 0 aliphatic heterocycles. The number of carbonyl (C=O) groups is 2.